The standard InChI is InChI=1S/C30H18N2O/c31-18-20-9-11-21(12-10-20)22-13-15-23(16-14-22)25-5-1-7-27-28-8-2-6-26(30(28)33-29(25)27)24-4-3-17-32-19-24/h1-17,19H. The maximum Gasteiger partial charge on any atom is 0.143 e. The third kappa shape index (κ3) is 3.26. The van der Waals surface area contributed by atoms with Crippen molar-refractivity contribution in [1.29, 1.82) is 5.26 Å². The van der Waals surface area contributed by atoms with Crippen LogP contribution < -0.4 is 0 Å². The highest BCUT2D eigenvalue weighted by atomic mass is 16.3. The van der Waals surface area contributed by atoms with Crippen LogP contribution in [0.25, 0.3) is 55.3 Å². The Bertz CT molecular complexity index is 1640. The molecular weight excluding hydrogens is 404 g/mol. The average Bonchev–Trinajstić information content (AvgIpc) is 3.28. The van der Waals surface area contributed by atoms with Gasteiger partial charge in [-0.1, -0.05) is 78.9 Å². The summed E-state index contributed by atoms with van der Waals surface area (Å²) in [5, 5.41) is 11.2. The molecule has 6 rings (SSSR count). The van der Waals surface area contributed by atoms with Crippen LogP contribution in [-0.2, 0) is 0 Å². The van der Waals surface area contributed by atoms with Gasteiger partial charge in [0.2, 0.25) is 0 Å². The second-order valence-electron chi connectivity index (χ2n) is 7.97. The number of benzene rings is 4. The molecule has 0 bridgehead atoms. The van der Waals surface area contributed by atoms with Crippen molar-refractivity contribution in [3.63, 3.8) is 0 Å². The fourth-order valence-electron chi connectivity index (χ4n) is 4.38. The van der Waals surface area contributed by atoms with Gasteiger partial charge in [-0.05, 0) is 34.9 Å². The maximum absolute atomic E-state index is 9.02. The van der Waals surface area contributed by atoms with Crippen molar-refractivity contribution in [3.05, 3.63) is 115 Å². The lowest BCUT2D eigenvalue weighted by Crippen LogP contribution is -1.82. The lowest BCUT2D eigenvalue weighted by atomic mass is 9.98. The average molecular weight is 422 g/mol. The molecule has 0 saturated heterocycles. The lowest BCUT2D eigenvalue weighted by molar-refractivity contribution is 0.671. The molecule has 3 heteroatoms. The molecule has 0 saturated carbocycles. The molecule has 6 aromatic rings. The van der Waals surface area contributed by atoms with Gasteiger partial charge in [0.25, 0.3) is 0 Å². The van der Waals surface area contributed by atoms with E-state index in [0.29, 0.717) is 5.56 Å². The number of pyridine rings is 1. The summed E-state index contributed by atoms with van der Waals surface area (Å²) in [5.74, 6) is 0. The number of para-hydroxylation sites is 2. The summed E-state index contributed by atoms with van der Waals surface area (Å²) in [6, 6.07) is 34.8. The molecule has 0 atom stereocenters. The van der Waals surface area contributed by atoms with Gasteiger partial charge >= 0.3 is 0 Å². The highest BCUT2D eigenvalue weighted by molar-refractivity contribution is 6.13. The number of rotatable bonds is 3. The van der Waals surface area contributed by atoms with Crippen LogP contribution in [0.3, 0.4) is 0 Å². The van der Waals surface area contributed by atoms with E-state index in [9.17, 15) is 0 Å². The Hall–Kier alpha value is -4.68. The molecule has 0 amide bonds. The first-order valence-electron chi connectivity index (χ1n) is 10.8. The van der Waals surface area contributed by atoms with Crippen LogP contribution in [0, 0.1) is 11.3 Å². The zero-order valence-electron chi connectivity index (χ0n) is 17.7. The molecule has 4 aromatic carbocycles. The zero-order valence-corrected chi connectivity index (χ0v) is 17.7. The number of furan rings is 1. The van der Waals surface area contributed by atoms with Crippen molar-refractivity contribution in [2.45, 2.75) is 0 Å². The van der Waals surface area contributed by atoms with Crippen molar-refractivity contribution in [2.75, 3.05) is 0 Å². The predicted octanol–water partition coefficient (Wildman–Crippen LogP) is 7.85. The highest BCUT2D eigenvalue weighted by Crippen LogP contribution is 2.39. The first-order valence-corrected chi connectivity index (χ1v) is 10.8. The van der Waals surface area contributed by atoms with Gasteiger partial charge in [0.05, 0.1) is 11.6 Å². The molecule has 154 valence electrons. The molecule has 0 N–H and O–H groups in total. The van der Waals surface area contributed by atoms with Crippen molar-refractivity contribution in [2.24, 2.45) is 0 Å². The fraction of sp³-hybridized carbons (Fsp3) is 0. The maximum atomic E-state index is 9.02. The van der Waals surface area contributed by atoms with E-state index >= 15 is 0 Å². The van der Waals surface area contributed by atoms with Crippen LogP contribution >= 0.6 is 0 Å². The van der Waals surface area contributed by atoms with E-state index in [-0.39, 0.29) is 0 Å². The monoisotopic (exact) mass is 422 g/mol. The Kier molecular flexibility index (Phi) is 4.49. The lowest BCUT2D eigenvalue weighted by Gasteiger charge is -2.06. The van der Waals surface area contributed by atoms with E-state index < -0.39 is 0 Å². The van der Waals surface area contributed by atoms with Gasteiger partial charge in [-0.3, -0.25) is 4.98 Å². The molecule has 0 spiro atoms. The van der Waals surface area contributed by atoms with Crippen molar-refractivity contribution >= 4 is 21.9 Å². The van der Waals surface area contributed by atoms with E-state index in [1.807, 2.05) is 36.5 Å². The topological polar surface area (TPSA) is 49.8 Å². The quantitative estimate of drug-likeness (QED) is 0.292. The molecule has 0 aliphatic carbocycles. The smallest absolute Gasteiger partial charge is 0.143 e. The van der Waals surface area contributed by atoms with E-state index in [1.54, 1.807) is 6.20 Å². The van der Waals surface area contributed by atoms with Crippen LogP contribution in [0.15, 0.2) is 114 Å². The Morgan fingerprint density at radius 2 is 1.15 bits per heavy atom. The molecular formula is C30H18N2O. The molecule has 0 fully saturated rings. The SMILES string of the molecule is N#Cc1ccc(-c2ccc(-c3cccc4c3oc3c(-c5cccnc5)cccc34)cc2)cc1. The minimum Gasteiger partial charge on any atom is -0.455 e. The van der Waals surface area contributed by atoms with Crippen molar-refractivity contribution in [1.82, 2.24) is 4.98 Å². The number of hydrogen-bond acceptors (Lipinski definition) is 3. The first kappa shape index (κ1) is 19.0. The molecule has 0 aliphatic heterocycles. The molecule has 3 nitrogen and oxygen atoms in total. The largest absolute Gasteiger partial charge is 0.455 e. The van der Waals surface area contributed by atoms with Crippen LogP contribution in [0.2, 0.25) is 0 Å². The number of fused-ring (bicyclic) bond motifs is 3. The van der Waals surface area contributed by atoms with E-state index in [0.717, 1.165) is 55.3 Å². The Morgan fingerprint density at radius 3 is 1.73 bits per heavy atom. The summed E-state index contributed by atoms with van der Waals surface area (Å²) in [7, 11) is 0. The van der Waals surface area contributed by atoms with Crippen molar-refractivity contribution < 1.29 is 4.42 Å². The number of hydrogen-bond donors (Lipinski definition) is 0. The Balaban J connectivity index is 1.47. The third-order valence-electron chi connectivity index (χ3n) is 6.04. The number of nitriles is 1. The Morgan fingerprint density at radius 1 is 0.576 bits per heavy atom. The van der Waals surface area contributed by atoms with Gasteiger partial charge in [0.15, 0.2) is 0 Å². The van der Waals surface area contributed by atoms with Gasteiger partial charge < -0.3 is 4.42 Å². The molecule has 0 radical (unpaired) electrons. The van der Waals surface area contributed by atoms with Gasteiger partial charge in [-0.25, -0.2) is 0 Å². The minimum atomic E-state index is 0.664. The summed E-state index contributed by atoms with van der Waals surface area (Å²) in [5.41, 5.74) is 8.86. The fourth-order valence-corrected chi connectivity index (χ4v) is 4.38. The van der Waals surface area contributed by atoms with Crippen molar-refractivity contribution in [3.8, 4) is 39.4 Å². The Labute approximate surface area is 191 Å². The summed E-state index contributed by atoms with van der Waals surface area (Å²) in [6.45, 7) is 0. The number of nitrogens with zero attached hydrogens (tertiary/aromatic N) is 2. The minimum absolute atomic E-state index is 0.664. The van der Waals surface area contributed by atoms with E-state index in [4.69, 9.17) is 9.68 Å². The molecule has 0 unspecified atom stereocenters. The summed E-state index contributed by atoms with van der Waals surface area (Å²) >= 11 is 0. The molecule has 2 aromatic heterocycles. The van der Waals surface area contributed by atoms with Crippen LogP contribution in [-0.4, -0.2) is 4.98 Å². The normalized spacial score (nSPS) is 11.0. The van der Waals surface area contributed by atoms with E-state index in [2.05, 4.69) is 77.8 Å². The third-order valence-corrected chi connectivity index (χ3v) is 6.04. The number of aromatic nitrogens is 1. The summed E-state index contributed by atoms with van der Waals surface area (Å²) in [6.07, 6.45) is 3.65. The second-order valence-corrected chi connectivity index (χ2v) is 7.97. The van der Waals surface area contributed by atoms with Crippen LogP contribution in [0.5, 0.6) is 0 Å². The summed E-state index contributed by atoms with van der Waals surface area (Å²) < 4.78 is 6.51. The molecule has 33 heavy (non-hydrogen) atoms. The first-order chi connectivity index (χ1) is 16.3. The van der Waals surface area contributed by atoms with Gasteiger partial charge in [-0.2, -0.15) is 5.26 Å². The molecule has 2 heterocycles. The highest BCUT2D eigenvalue weighted by Gasteiger charge is 2.15. The predicted molar refractivity (Wildman–Crippen MR) is 133 cm³/mol. The van der Waals surface area contributed by atoms with Gasteiger partial charge in [0.1, 0.15) is 11.2 Å². The van der Waals surface area contributed by atoms with Crippen LogP contribution in [0.4, 0.5) is 0 Å². The van der Waals surface area contributed by atoms with Gasteiger partial charge in [0, 0.05) is 39.9 Å². The van der Waals surface area contributed by atoms with Gasteiger partial charge in [-0.15, -0.1) is 0 Å². The second kappa shape index (κ2) is 7.78. The van der Waals surface area contributed by atoms with E-state index in [1.165, 1.54) is 0 Å². The summed E-state index contributed by atoms with van der Waals surface area (Å²) in [4.78, 5) is 4.27. The zero-order chi connectivity index (χ0) is 22.2. The van der Waals surface area contributed by atoms with Crippen LogP contribution in [0.1, 0.15) is 5.56 Å². The molecule has 0 aliphatic rings.